The van der Waals surface area contributed by atoms with Crippen molar-refractivity contribution in [1.29, 1.82) is 5.26 Å². The van der Waals surface area contributed by atoms with Gasteiger partial charge >= 0.3 is 0 Å². The minimum absolute atomic E-state index is 0.345. The summed E-state index contributed by atoms with van der Waals surface area (Å²) >= 11 is 0. The maximum atomic E-state index is 11.7. The third-order valence-electron chi connectivity index (χ3n) is 1.23. The fraction of sp³-hybridized carbons (Fsp3) is 0.857. The summed E-state index contributed by atoms with van der Waals surface area (Å²) in [6, 6.07) is 2.00. The van der Waals surface area contributed by atoms with Gasteiger partial charge in [-0.1, -0.05) is 6.92 Å². The van der Waals surface area contributed by atoms with Crippen LogP contribution in [0.5, 0.6) is 0 Å². The first-order valence-corrected chi connectivity index (χ1v) is 3.50. The lowest BCUT2D eigenvalue weighted by Crippen LogP contribution is -2.27. The van der Waals surface area contributed by atoms with Gasteiger partial charge in [-0.15, -0.1) is 0 Å². The highest BCUT2D eigenvalue weighted by Gasteiger charge is 2.00. The van der Waals surface area contributed by atoms with Gasteiger partial charge in [-0.3, -0.25) is 4.90 Å². The van der Waals surface area contributed by atoms with Gasteiger partial charge in [0.1, 0.15) is 6.67 Å². The van der Waals surface area contributed by atoms with E-state index in [9.17, 15) is 4.39 Å². The highest BCUT2D eigenvalue weighted by Crippen LogP contribution is 1.89. The second-order valence-electron chi connectivity index (χ2n) is 2.12. The first kappa shape index (κ1) is 9.38. The van der Waals surface area contributed by atoms with Crippen LogP contribution in [0.1, 0.15) is 13.3 Å². The highest BCUT2D eigenvalue weighted by atomic mass is 19.1. The van der Waals surface area contributed by atoms with Crippen molar-refractivity contribution in [3.05, 3.63) is 0 Å². The molecule has 0 unspecified atom stereocenters. The number of nitrogens with zero attached hydrogens (tertiary/aromatic N) is 2. The predicted octanol–water partition coefficient (Wildman–Crippen LogP) is 1.19. The second kappa shape index (κ2) is 6.50. The van der Waals surface area contributed by atoms with E-state index in [1.54, 1.807) is 4.90 Å². The van der Waals surface area contributed by atoms with Crippen molar-refractivity contribution in [1.82, 2.24) is 4.90 Å². The van der Waals surface area contributed by atoms with Crippen LogP contribution in [-0.2, 0) is 0 Å². The zero-order valence-corrected chi connectivity index (χ0v) is 6.31. The molecule has 2 nitrogen and oxygen atoms in total. The molecule has 0 saturated carbocycles. The molecule has 0 N–H and O–H groups in total. The van der Waals surface area contributed by atoms with E-state index in [0.29, 0.717) is 13.1 Å². The SMILES string of the molecule is CCCN(CC#N)CCF. The quantitative estimate of drug-likeness (QED) is 0.542. The number of nitriles is 1. The van der Waals surface area contributed by atoms with E-state index in [2.05, 4.69) is 0 Å². The van der Waals surface area contributed by atoms with Crippen molar-refractivity contribution in [2.45, 2.75) is 13.3 Å². The lowest BCUT2D eigenvalue weighted by atomic mass is 10.4. The molecule has 58 valence electrons. The summed E-state index contributed by atoms with van der Waals surface area (Å²) in [5.41, 5.74) is 0. The normalized spacial score (nSPS) is 9.80. The summed E-state index contributed by atoms with van der Waals surface area (Å²) < 4.78 is 11.7. The van der Waals surface area contributed by atoms with Crippen LogP contribution in [0.3, 0.4) is 0 Å². The molecule has 0 aliphatic heterocycles. The summed E-state index contributed by atoms with van der Waals surface area (Å²) in [5, 5.41) is 8.28. The third kappa shape index (κ3) is 4.28. The number of hydrogen-bond acceptors (Lipinski definition) is 2. The summed E-state index contributed by atoms with van der Waals surface area (Å²) in [7, 11) is 0. The van der Waals surface area contributed by atoms with Crippen molar-refractivity contribution < 1.29 is 4.39 Å². The molecular formula is C7H13FN2. The van der Waals surface area contributed by atoms with Gasteiger partial charge in [-0.25, -0.2) is 4.39 Å². The van der Waals surface area contributed by atoms with E-state index in [1.165, 1.54) is 0 Å². The molecular weight excluding hydrogens is 131 g/mol. The van der Waals surface area contributed by atoms with Crippen LogP contribution in [0, 0.1) is 11.3 Å². The molecule has 0 aromatic rings. The van der Waals surface area contributed by atoms with Gasteiger partial charge in [-0.2, -0.15) is 5.26 Å². The Morgan fingerprint density at radius 1 is 1.50 bits per heavy atom. The Labute approximate surface area is 61.2 Å². The van der Waals surface area contributed by atoms with Gasteiger partial charge in [-0.05, 0) is 13.0 Å². The van der Waals surface area contributed by atoms with Crippen LogP contribution >= 0.6 is 0 Å². The van der Waals surface area contributed by atoms with Crippen LogP contribution in [0.4, 0.5) is 4.39 Å². The molecule has 0 bridgehead atoms. The van der Waals surface area contributed by atoms with E-state index in [1.807, 2.05) is 13.0 Å². The lowest BCUT2D eigenvalue weighted by Gasteiger charge is -2.14. The zero-order chi connectivity index (χ0) is 7.82. The summed E-state index contributed by atoms with van der Waals surface area (Å²) in [4.78, 5) is 1.81. The van der Waals surface area contributed by atoms with Gasteiger partial charge in [0, 0.05) is 6.54 Å². The molecule has 0 radical (unpaired) electrons. The molecule has 10 heavy (non-hydrogen) atoms. The second-order valence-corrected chi connectivity index (χ2v) is 2.12. The molecule has 0 amide bonds. The Kier molecular flexibility index (Phi) is 6.10. The molecule has 0 atom stereocenters. The van der Waals surface area contributed by atoms with Crippen LogP contribution in [0.15, 0.2) is 0 Å². The average Bonchev–Trinajstić information content (AvgIpc) is 1.90. The fourth-order valence-electron chi connectivity index (χ4n) is 0.806. The number of alkyl halides is 1. The van der Waals surface area contributed by atoms with Crippen LogP contribution < -0.4 is 0 Å². The molecule has 0 fully saturated rings. The molecule has 3 heteroatoms. The summed E-state index contributed by atoms with van der Waals surface area (Å²) in [6.45, 7) is 3.21. The van der Waals surface area contributed by atoms with E-state index < -0.39 is 0 Å². The molecule has 0 saturated heterocycles. The molecule has 0 aromatic carbocycles. The van der Waals surface area contributed by atoms with E-state index in [-0.39, 0.29) is 6.67 Å². The van der Waals surface area contributed by atoms with Crippen molar-refractivity contribution in [3.8, 4) is 6.07 Å². The maximum absolute atomic E-state index is 11.7. The lowest BCUT2D eigenvalue weighted by molar-refractivity contribution is 0.274. The standard InChI is InChI=1S/C7H13FN2/c1-2-5-10(6-3-8)7-4-9/h2-3,5-7H2,1H3. The minimum atomic E-state index is -0.359. The van der Waals surface area contributed by atoms with Gasteiger partial charge in [0.2, 0.25) is 0 Å². The van der Waals surface area contributed by atoms with Crippen LogP contribution in [0.2, 0.25) is 0 Å². The Morgan fingerprint density at radius 2 is 2.20 bits per heavy atom. The number of hydrogen-bond donors (Lipinski definition) is 0. The molecule has 0 heterocycles. The average molecular weight is 144 g/mol. The molecule has 0 spiro atoms. The monoisotopic (exact) mass is 144 g/mol. The maximum Gasteiger partial charge on any atom is 0.102 e. The third-order valence-corrected chi connectivity index (χ3v) is 1.23. The summed E-state index contributed by atoms with van der Waals surface area (Å²) in [5.74, 6) is 0. The zero-order valence-electron chi connectivity index (χ0n) is 6.31. The molecule has 0 rings (SSSR count). The Hall–Kier alpha value is -0.620. The van der Waals surface area contributed by atoms with Crippen molar-refractivity contribution in [2.75, 3.05) is 26.3 Å². The fourth-order valence-corrected chi connectivity index (χ4v) is 0.806. The largest absolute Gasteiger partial charge is 0.288 e. The highest BCUT2D eigenvalue weighted by molar-refractivity contribution is 4.75. The van der Waals surface area contributed by atoms with E-state index >= 15 is 0 Å². The van der Waals surface area contributed by atoms with Gasteiger partial charge in [0.15, 0.2) is 0 Å². The van der Waals surface area contributed by atoms with E-state index in [0.717, 1.165) is 13.0 Å². The Balaban J connectivity index is 3.42. The smallest absolute Gasteiger partial charge is 0.102 e. The van der Waals surface area contributed by atoms with Crippen molar-refractivity contribution in [3.63, 3.8) is 0 Å². The van der Waals surface area contributed by atoms with Crippen molar-refractivity contribution >= 4 is 0 Å². The summed E-state index contributed by atoms with van der Waals surface area (Å²) in [6.07, 6.45) is 0.974. The van der Waals surface area contributed by atoms with Crippen LogP contribution in [-0.4, -0.2) is 31.2 Å². The van der Waals surface area contributed by atoms with Gasteiger partial charge in [0.25, 0.3) is 0 Å². The van der Waals surface area contributed by atoms with Gasteiger partial charge in [0.05, 0.1) is 12.6 Å². The minimum Gasteiger partial charge on any atom is -0.288 e. The van der Waals surface area contributed by atoms with Crippen LogP contribution in [0.25, 0.3) is 0 Å². The predicted molar refractivity (Wildman–Crippen MR) is 38.3 cm³/mol. The number of halogens is 1. The first-order valence-electron chi connectivity index (χ1n) is 3.50. The van der Waals surface area contributed by atoms with Crippen molar-refractivity contribution in [2.24, 2.45) is 0 Å². The Morgan fingerprint density at radius 3 is 2.60 bits per heavy atom. The molecule has 0 aliphatic rings. The van der Waals surface area contributed by atoms with Gasteiger partial charge < -0.3 is 0 Å². The first-order chi connectivity index (χ1) is 4.85. The molecule has 0 aromatic heterocycles. The number of rotatable bonds is 5. The Bertz CT molecular complexity index is 103. The van der Waals surface area contributed by atoms with E-state index in [4.69, 9.17) is 5.26 Å². The topological polar surface area (TPSA) is 27.0 Å². The molecule has 0 aliphatic carbocycles.